The van der Waals surface area contributed by atoms with Crippen LogP contribution in [0.4, 0.5) is 0 Å². The van der Waals surface area contributed by atoms with Gasteiger partial charge in [0.25, 0.3) is 5.56 Å². The lowest BCUT2D eigenvalue weighted by Crippen LogP contribution is -2.06. The topological polar surface area (TPSA) is 66.5 Å². The van der Waals surface area contributed by atoms with Crippen molar-refractivity contribution in [3.8, 4) is 0 Å². The average molecular weight is 214 g/mol. The minimum absolute atomic E-state index is 0.0601. The third kappa shape index (κ3) is 1.33. The molecule has 2 heterocycles. The van der Waals surface area contributed by atoms with Gasteiger partial charge >= 0.3 is 0 Å². The quantitative estimate of drug-likeness (QED) is 0.670. The Morgan fingerprint density at radius 1 is 1.31 bits per heavy atom. The molecule has 1 aromatic carbocycles. The number of nitrogens with zero attached hydrogens (tertiary/aromatic N) is 2. The Kier molecular flexibility index (Phi) is 1.89. The highest BCUT2D eigenvalue weighted by atomic mass is 16.1. The molecule has 2 N–H and O–H groups in total. The van der Waals surface area contributed by atoms with Crippen molar-refractivity contribution in [3.63, 3.8) is 0 Å². The zero-order valence-electron chi connectivity index (χ0n) is 8.47. The normalized spacial score (nSPS) is 11.0. The molecule has 0 bridgehead atoms. The van der Waals surface area contributed by atoms with E-state index >= 15 is 0 Å². The number of nitrogens with one attached hydrogen (secondary N) is 2. The molecule has 0 saturated heterocycles. The molecule has 3 aromatic rings. The van der Waals surface area contributed by atoms with Crippen molar-refractivity contribution in [1.82, 2.24) is 19.7 Å². The van der Waals surface area contributed by atoms with Gasteiger partial charge in [0.05, 0.1) is 29.5 Å². The fourth-order valence-corrected chi connectivity index (χ4v) is 1.81. The fourth-order valence-electron chi connectivity index (χ4n) is 1.81. The third-order valence-electron chi connectivity index (χ3n) is 2.56. The Hall–Kier alpha value is -2.30. The van der Waals surface area contributed by atoms with Crippen LogP contribution in [-0.4, -0.2) is 19.7 Å². The van der Waals surface area contributed by atoms with Crippen molar-refractivity contribution in [1.29, 1.82) is 0 Å². The molecule has 5 nitrogen and oxygen atoms in total. The molecular formula is C11H10N4O. The summed E-state index contributed by atoms with van der Waals surface area (Å²) in [6.45, 7) is 0.586. The van der Waals surface area contributed by atoms with Gasteiger partial charge in [0.2, 0.25) is 0 Å². The summed E-state index contributed by atoms with van der Waals surface area (Å²) in [6.07, 6.45) is 3.37. The van der Waals surface area contributed by atoms with E-state index < -0.39 is 0 Å². The number of aromatic nitrogens is 4. The third-order valence-corrected chi connectivity index (χ3v) is 2.56. The molecule has 0 aliphatic rings. The maximum atomic E-state index is 11.6. The smallest absolute Gasteiger partial charge is 0.271 e. The first-order chi connectivity index (χ1) is 7.84. The van der Waals surface area contributed by atoms with Crippen molar-refractivity contribution in [2.24, 2.45) is 0 Å². The van der Waals surface area contributed by atoms with Gasteiger partial charge in [-0.15, -0.1) is 0 Å². The van der Waals surface area contributed by atoms with Crippen molar-refractivity contribution in [2.75, 3.05) is 0 Å². The van der Waals surface area contributed by atoms with E-state index in [2.05, 4.69) is 15.1 Å². The number of aromatic amines is 2. The molecule has 16 heavy (non-hydrogen) atoms. The van der Waals surface area contributed by atoms with Crippen molar-refractivity contribution in [2.45, 2.75) is 6.54 Å². The van der Waals surface area contributed by atoms with Crippen LogP contribution in [0.3, 0.4) is 0 Å². The largest absolute Gasteiger partial charge is 0.347 e. The van der Waals surface area contributed by atoms with Gasteiger partial charge in [-0.05, 0) is 12.1 Å². The molecular weight excluding hydrogens is 204 g/mol. The van der Waals surface area contributed by atoms with E-state index in [-0.39, 0.29) is 5.56 Å². The first-order valence-electron chi connectivity index (χ1n) is 4.99. The number of rotatable bonds is 2. The number of benzene rings is 1. The number of para-hydroxylation sites is 1. The first kappa shape index (κ1) is 8.96. The molecule has 0 atom stereocenters. The molecule has 0 fully saturated rings. The van der Waals surface area contributed by atoms with Gasteiger partial charge in [-0.25, -0.2) is 4.98 Å². The van der Waals surface area contributed by atoms with Crippen LogP contribution >= 0.6 is 0 Å². The van der Waals surface area contributed by atoms with Gasteiger partial charge in [0.1, 0.15) is 0 Å². The highest BCUT2D eigenvalue weighted by molar-refractivity contribution is 5.78. The molecule has 0 spiro atoms. The number of hydrogen-bond donors (Lipinski definition) is 2. The Labute approximate surface area is 90.7 Å². The summed E-state index contributed by atoms with van der Waals surface area (Å²) in [6, 6.07) is 7.51. The van der Waals surface area contributed by atoms with E-state index in [1.165, 1.54) is 0 Å². The van der Waals surface area contributed by atoms with Gasteiger partial charge in [-0.2, -0.15) is 0 Å². The Morgan fingerprint density at radius 2 is 2.19 bits per heavy atom. The molecule has 2 aromatic heterocycles. The van der Waals surface area contributed by atoms with Gasteiger partial charge in [0.15, 0.2) is 0 Å². The summed E-state index contributed by atoms with van der Waals surface area (Å²) in [5.74, 6) is 0. The maximum Gasteiger partial charge on any atom is 0.271 e. The van der Waals surface area contributed by atoms with Gasteiger partial charge in [0, 0.05) is 6.20 Å². The Morgan fingerprint density at radius 3 is 3.00 bits per heavy atom. The van der Waals surface area contributed by atoms with Crippen LogP contribution in [0.1, 0.15) is 5.69 Å². The summed E-state index contributed by atoms with van der Waals surface area (Å²) < 4.78 is 1.81. The minimum Gasteiger partial charge on any atom is -0.347 e. The summed E-state index contributed by atoms with van der Waals surface area (Å²) in [4.78, 5) is 18.6. The van der Waals surface area contributed by atoms with Crippen LogP contribution < -0.4 is 5.56 Å². The van der Waals surface area contributed by atoms with E-state index in [9.17, 15) is 4.79 Å². The highest BCUT2D eigenvalue weighted by Gasteiger charge is 2.05. The lowest BCUT2D eigenvalue weighted by molar-refractivity contribution is 0.691. The molecule has 0 radical (unpaired) electrons. The van der Waals surface area contributed by atoms with Gasteiger partial charge < -0.3 is 4.98 Å². The predicted octanol–water partition coefficient (Wildman–Crippen LogP) is 1.10. The summed E-state index contributed by atoms with van der Waals surface area (Å²) in [7, 11) is 0. The van der Waals surface area contributed by atoms with Crippen molar-refractivity contribution in [3.05, 3.63) is 52.8 Å². The molecule has 0 aliphatic heterocycles. The summed E-state index contributed by atoms with van der Waals surface area (Å²) >= 11 is 0. The zero-order valence-corrected chi connectivity index (χ0v) is 8.47. The molecule has 0 unspecified atom stereocenters. The van der Waals surface area contributed by atoms with Crippen LogP contribution in [0.5, 0.6) is 0 Å². The lowest BCUT2D eigenvalue weighted by atomic mass is 10.2. The summed E-state index contributed by atoms with van der Waals surface area (Å²) in [5, 5.41) is 3.51. The number of hydrogen-bond acceptors (Lipinski definition) is 2. The molecule has 80 valence electrons. The molecule has 0 saturated carbocycles. The number of imidazole rings is 1. The van der Waals surface area contributed by atoms with Crippen molar-refractivity contribution < 1.29 is 0 Å². The Balaban J connectivity index is 2.14. The van der Waals surface area contributed by atoms with Crippen LogP contribution in [0.25, 0.3) is 10.9 Å². The summed E-state index contributed by atoms with van der Waals surface area (Å²) in [5.41, 5.74) is 1.80. The Bertz CT molecular complexity index is 663. The number of fused-ring (bicyclic) bond motifs is 1. The average Bonchev–Trinajstić information content (AvgIpc) is 2.90. The monoisotopic (exact) mass is 214 g/mol. The second-order valence-electron chi connectivity index (χ2n) is 3.62. The fraction of sp³-hybridized carbons (Fsp3) is 0.0909. The van der Waals surface area contributed by atoms with Crippen molar-refractivity contribution >= 4 is 10.9 Å². The minimum atomic E-state index is -0.0601. The molecule has 5 heteroatoms. The lowest BCUT2D eigenvalue weighted by Gasteiger charge is -2.01. The SMILES string of the molecule is O=c1[nH]n(Cc2cnc[nH]2)c2ccccc12. The maximum absolute atomic E-state index is 11.6. The van der Waals surface area contributed by atoms with E-state index in [1.54, 1.807) is 12.5 Å². The second kappa shape index (κ2) is 3.37. The van der Waals surface area contributed by atoms with E-state index in [0.717, 1.165) is 11.2 Å². The molecule has 0 amide bonds. The van der Waals surface area contributed by atoms with Crippen LogP contribution in [0.15, 0.2) is 41.6 Å². The van der Waals surface area contributed by atoms with Crippen LogP contribution in [0, 0.1) is 0 Å². The predicted molar refractivity (Wildman–Crippen MR) is 60.2 cm³/mol. The zero-order chi connectivity index (χ0) is 11.0. The highest BCUT2D eigenvalue weighted by Crippen LogP contribution is 2.09. The van der Waals surface area contributed by atoms with Gasteiger partial charge in [-0.1, -0.05) is 12.1 Å². The standard InChI is InChI=1S/C11H10N4O/c16-11-9-3-1-2-4-10(9)15(14-11)6-8-5-12-7-13-8/h1-5,7H,6H2,(H,12,13)(H,14,16). The van der Waals surface area contributed by atoms with Crippen LogP contribution in [-0.2, 0) is 6.54 Å². The van der Waals surface area contributed by atoms with E-state index in [0.29, 0.717) is 11.9 Å². The van der Waals surface area contributed by atoms with Crippen LogP contribution in [0.2, 0.25) is 0 Å². The molecule has 3 rings (SSSR count). The van der Waals surface area contributed by atoms with E-state index in [1.807, 2.05) is 28.9 Å². The van der Waals surface area contributed by atoms with E-state index in [4.69, 9.17) is 0 Å². The first-order valence-corrected chi connectivity index (χ1v) is 4.99. The van der Waals surface area contributed by atoms with Gasteiger partial charge in [-0.3, -0.25) is 14.6 Å². The second-order valence-corrected chi connectivity index (χ2v) is 3.62. The molecule has 0 aliphatic carbocycles. The number of H-pyrrole nitrogens is 2.